The first kappa shape index (κ1) is 9.79. The standard InChI is InChI=1S/C13H14N2/c1-13(2,3)10-4-5-11-6-7-12(8-14)15(11)9-10/h4-7,9H,1-3H3. The van der Waals surface area contributed by atoms with Crippen LogP contribution in [0.2, 0.25) is 0 Å². The van der Waals surface area contributed by atoms with E-state index in [0.717, 1.165) is 5.52 Å². The second-order valence-corrected chi connectivity index (χ2v) is 4.79. The minimum Gasteiger partial charge on any atom is -0.308 e. The third-order valence-electron chi connectivity index (χ3n) is 2.63. The molecule has 0 saturated carbocycles. The molecule has 0 amide bonds. The van der Waals surface area contributed by atoms with Crippen molar-refractivity contribution in [2.24, 2.45) is 0 Å². The summed E-state index contributed by atoms with van der Waals surface area (Å²) in [6, 6.07) is 10.2. The van der Waals surface area contributed by atoms with E-state index in [1.165, 1.54) is 5.56 Å². The van der Waals surface area contributed by atoms with Crippen LogP contribution in [-0.2, 0) is 5.41 Å². The number of rotatable bonds is 0. The number of hydrogen-bond donors (Lipinski definition) is 0. The summed E-state index contributed by atoms with van der Waals surface area (Å²) in [5, 5.41) is 8.95. The molecule has 0 spiro atoms. The van der Waals surface area contributed by atoms with Crippen molar-refractivity contribution in [2.45, 2.75) is 26.2 Å². The van der Waals surface area contributed by atoms with Crippen LogP contribution in [0.3, 0.4) is 0 Å². The molecule has 15 heavy (non-hydrogen) atoms. The number of hydrogen-bond acceptors (Lipinski definition) is 1. The van der Waals surface area contributed by atoms with Crippen LogP contribution < -0.4 is 0 Å². The summed E-state index contributed by atoms with van der Waals surface area (Å²) in [5.74, 6) is 0. The summed E-state index contributed by atoms with van der Waals surface area (Å²) in [4.78, 5) is 0. The lowest BCUT2D eigenvalue weighted by Crippen LogP contribution is -2.11. The van der Waals surface area contributed by atoms with Crippen molar-refractivity contribution < 1.29 is 0 Å². The number of nitriles is 1. The lowest BCUT2D eigenvalue weighted by molar-refractivity contribution is 0.586. The van der Waals surface area contributed by atoms with Gasteiger partial charge in [0.05, 0.1) is 0 Å². The maximum absolute atomic E-state index is 8.95. The van der Waals surface area contributed by atoms with Crippen LogP contribution in [0.4, 0.5) is 0 Å². The van der Waals surface area contributed by atoms with Gasteiger partial charge in [0.1, 0.15) is 11.8 Å². The minimum atomic E-state index is 0.116. The molecule has 2 heterocycles. The molecule has 0 saturated heterocycles. The van der Waals surface area contributed by atoms with Crippen LogP contribution in [-0.4, -0.2) is 4.40 Å². The summed E-state index contributed by atoms with van der Waals surface area (Å²) in [6.45, 7) is 6.51. The molecule has 0 atom stereocenters. The lowest BCUT2D eigenvalue weighted by Gasteiger charge is -2.19. The van der Waals surface area contributed by atoms with Gasteiger partial charge >= 0.3 is 0 Å². The number of pyridine rings is 1. The minimum absolute atomic E-state index is 0.116. The molecular weight excluding hydrogens is 184 g/mol. The van der Waals surface area contributed by atoms with Crippen molar-refractivity contribution in [1.29, 1.82) is 5.26 Å². The van der Waals surface area contributed by atoms with E-state index in [4.69, 9.17) is 5.26 Å². The summed E-state index contributed by atoms with van der Waals surface area (Å²) in [5.41, 5.74) is 3.11. The van der Waals surface area contributed by atoms with Gasteiger partial charge in [0.15, 0.2) is 0 Å². The van der Waals surface area contributed by atoms with Crippen LogP contribution in [0.15, 0.2) is 30.5 Å². The van der Waals surface area contributed by atoms with Crippen molar-refractivity contribution in [3.63, 3.8) is 0 Å². The van der Waals surface area contributed by atoms with E-state index in [2.05, 4.69) is 39.0 Å². The first-order chi connectivity index (χ1) is 7.02. The van der Waals surface area contributed by atoms with Gasteiger partial charge in [0, 0.05) is 11.7 Å². The van der Waals surface area contributed by atoms with Gasteiger partial charge in [-0.05, 0) is 29.2 Å². The Morgan fingerprint density at radius 3 is 2.40 bits per heavy atom. The average Bonchev–Trinajstić information content (AvgIpc) is 2.57. The summed E-state index contributed by atoms with van der Waals surface area (Å²) >= 11 is 0. The Morgan fingerprint density at radius 1 is 1.13 bits per heavy atom. The number of fused-ring (bicyclic) bond motifs is 1. The number of nitrogens with zero attached hydrogens (tertiary/aromatic N) is 2. The fourth-order valence-corrected chi connectivity index (χ4v) is 1.64. The highest BCUT2D eigenvalue weighted by Crippen LogP contribution is 2.23. The normalized spacial score (nSPS) is 11.6. The first-order valence-electron chi connectivity index (χ1n) is 5.04. The average molecular weight is 198 g/mol. The van der Waals surface area contributed by atoms with Gasteiger partial charge in [0.2, 0.25) is 0 Å². The Labute approximate surface area is 89.8 Å². The van der Waals surface area contributed by atoms with Crippen molar-refractivity contribution in [3.8, 4) is 6.07 Å². The van der Waals surface area contributed by atoms with E-state index in [1.54, 1.807) is 0 Å². The van der Waals surface area contributed by atoms with Crippen molar-refractivity contribution in [3.05, 3.63) is 41.7 Å². The van der Waals surface area contributed by atoms with E-state index < -0.39 is 0 Å². The maximum Gasteiger partial charge on any atom is 0.124 e. The molecule has 2 heteroatoms. The molecule has 0 aliphatic heterocycles. The Hall–Kier alpha value is -1.75. The molecule has 0 aromatic carbocycles. The molecule has 2 aromatic heterocycles. The summed E-state index contributed by atoms with van der Waals surface area (Å²) in [7, 11) is 0. The first-order valence-corrected chi connectivity index (χ1v) is 5.04. The van der Waals surface area contributed by atoms with Crippen LogP contribution in [0.1, 0.15) is 32.0 Å². The predicted molar refractivity (Wildman–Crippen MR) is 60.8 cm³/mol. The van der Waals surface area contributed by atoms with Crippen molar-refractivity contribution >= 4 is 5.52 Å². The van der Waals surface area contributed by atoms with E-state index in [1.807, 2.05) is 22.7 Å². The van der Waals surface area contributed by atoms with Gasteiger partial charge < -0.3 is 4.40 Å². The van der Waals surface area contributed by atoms with Gasteiger partial charge in [-0.3, -0.25) is 0 Å². The van der Waals surface area contributed by atoms with Gasteiger partial charge in [-0.15, -0.1) is 0 Å². The highest BCUT2D eigenvalue weighted by atomic mass is 14.9. The predicted octanol–water partition coefficient (Wildman–Crippen LogP) is 3.11. The van der Waals surface area contributed by atoms with Gasteiger partial charge in [-0.1, -0.05) is 26.8 Å². The largest absolute Gasteiger partial charge is 0.308 e. The monoisotopic (exact) mass is 198 g/mol. The van der Waals surface area contributed by atoms with Gasteiger partial charge in [-0.2, -0.15) is 5.26 Å². The van der Waals surface area contributed by atoms with Crippen molar-refractivity contribution in [1.82, 2.24) is 4.40 Å². The number of aromatic nitrogens is 1. The summed E-state index contributed by atoms with van der Waals surface area (Å²) in [6.07, 6.45) is 2.05. The second kappa shape index (κ2) is 3.13. The Balaban J connectivity index is 2.69. The molecule has 0 aliphatic carbocycles. The molecule has 0 radical (unpaired) electrons. The fraction of sp³-hybridized carbons (Fsp3) is 0.308. The highest BCUT2D eigenvalue weighted by molar-refractivity contribution is 5.53. The van der Waals surface area contributed by atoms with E-state index in [0.29, 0.717) is 5.69 Å². The Morgan fingerprint density at radius 2 is 1.80 bits per heavy atom. The van der Waals surface area contributed by atoms with E-state index in [9.17, 15) is 0 Å². The van der Waals surface area contributed by atoms with Crippen LogP contribution >= 0.6 is 0 Å². The zero-order chi connectivity index (χ0) is 11.1. The SMILES string of the molecule is CC(C)(C)c1ccc2ccc(C#N)n2c1. The maximum atomic E-state index is 8.95. The van der Waals surface area contributed by atoms with E-state index in [-0.39, 0.29) is 5.41 Å². The molecular formula is C13H14N2. The van der Waals surface area contributed by atoms with Gasteiger partial charge in [-0.25, -0.2) is 0 Å². The third kappa shape index (κ3) is 1.61. The molecule has 0 unspecified atom stereocenters. The lowest BCUT2D eigenvalue weighted by atomic mass is 9.88. The van der Waals surface area contributed by atoms with Gasteiger partial charge in [0.25, 0.3) is 0 Å². The molecule has 0 bridgehead atoms. The molecule has 0 aliphatic rings. The van der Waals surface area contributed by atoms with Crippen LogP contribution in [0.5, 0.6) is 0 Å². The second-order valence-electron chi connectivity index (χ2n) is 4.79. The fourth-order valence-electron chi connectivity index (χ4n) is 1.64. The Kier molecular flexibility index (Phi) is 2.04. The van der Waals surface area contributed by atoms with Crippen LogP contribution in [0, 0.1) is 11.3 Å². The topological polar surface area (TPSA) is 28.2 Å². The molecule has 2 rings (SSSR count). The zero-order valence-corrected chi connectivity index (χ0v) is 9.28. The molecule has 2 nitrogen and oxygen atoms in total. The van der Waals surface area contributed by atoms with Crippen molar-refractivity contribution in [2.75, 3.05) is 0 Å². The summed E-state index contributed by atoms with van der Waals surface area (Å²) < 4.78 is 1.95. The zero-order valence-electron chi connectivity index (χ0n) is 9.28. The quantitative estimate of drug-likeness (QED) is 0.639. The molecule has 0 N–H and O–H groups in total. The molecule has 0 fully saturated rings. The third-order valence-corrected chi connectivity index (χ3v) is 2.63. The Bertz CT molecular complexity index is 536. The van der Waals surface area contributed by atoms with E-state index >= 15 is 0 Å². The molecule has 2 aromatic rings. The molecule has 76 valence electrons. The highest BCUT2D eigenvalue weighted by Gasteiger charge is 2.14. The van der Waals surface area contributed by atoms with Crippen LogP contribution in [0.25, 0.3) is 5.52 Å². The smallest absolute Gasteiger partial charge is 0.124 e.